The van der Waals surface area contributed by atoms with E-state index in [1.807, 2.05) is 24.3 Å². The number of ether oxygens (including phenoxy) is 1. The molecule has 0 radical (unpaired) electrons. The van der Waals surface area contributed by atoms with Crippen molar-refractivity contribution in [1.29, 1.82) is 0 Å². The summed E-state index contributed by atoms with van der Waals surface area (Å²) in [6, 6.07) is 7.38. The molecule has 1 aromatic carbocycles. The van der Waals surface area contributed by atoms with Gasteiger partial charge in [-0.15, -0.1) is 0 Å². The van der Waals surface area contributed by atoms with Gasteiger partial charge in [-0.25, -0.2) is 0 Å². The molecule has 0 spiro atoms. The van der Waals surface area contributed by atoms with Crippen LogP contribution in [0.5, 0.6) is 11.6 Å². The molecule has 0 saturated heterocycles. The quantitative estimate of drug-likeness (QED) is 0.743. The topological polar surface area (TPSA) is 79.6 Å². The van der Waals surface area contributed by atoms with Crippen molar-refractivity contribution in [2.45, 2.75) is 6.92 Å². The predicted molar refractivity (Wildman–Crippen MR) is 74.2 cm³/mol. The zero-order chi connectivity index (χ0) is 14.3. The molecule has 20 heavy (non-hydrogen) atoms. The van der Waals surface area contributed by atoms with Crippen LogP contribution >= 0.6 is 0 Å². The average molecular weight is 271 g/mol. The Morgan fingerprint density at radius 3 is 2.65 bits per heavy atom. The van der Waals surface area contributed by atoms with Crippen LogP contribution in [0.2, 0.25) is 0 Å². The Morgan fingerprint density at radius 2 is 2.00 bits per heavy atom. The molecule has 6 nitrogen and oxygen atoms in total. The van der Waals surface area contributed by atoms with Crippen LogP contribution in [-0.2, 0) is 0 Å². The van der Waals surface area contributed by atoms with Crippen LogP contribution in [0.1, 0.15) is 5.56 Å². The predicted octanol–water partition coefficient (Wildman–Crippen LogP) is 1.71. The van der Waals surface area contributed by atoms with Crippen LogP contribution in [-0.4, -0.2) is 26.8 Å². The highest BCUT2D eigenvalue weighted by Crippen LogP contribution is 2.26. The summed E-state index contributed by atoms with van der Waals surface area (Å²) in [6.45, 7) is 1.54. The van der Waals surface area contributed by atoms with Gasteiger partial charge in [0.1, 0.15) is 11.4 Å². The lowest BCUT2D eigenvalue weighted by Crippen LogP contribution is -2.12. The van der Waals surface area contributed by atoms with Crippen LogP contribution in [0.25, 0.3) is 16.8 Å². The fourth-order valence-electron chi connectivity index (χ4n) is 2.07. The molecule has 0 amide bonds. The molecule has 0 atom stereocenters. The third-order valence-electron chi connectivity index (χ3n) is 3.28. The average Bonchev–Trinajstić information content (AvgIpc) is 2.89. The highest BCUT2D eigenvalue weighted by atomic mass is 16.5. The summed E-state index contributed by atoms with van der Waals surface area (Å²) in [5.41, 5.74) is 1.98. The van der Waals surface area contributed by atoms with E-state index in [2.05, 4.69) is 10.1 Å². The van der Waals surface area contributed by atoms with Crippen LogP contribution in [0.15, 0.2) is 35.3 Å². The zero-order valence-corrected chi connectivity index (χ0v) is 11.0. The minimum atomic E-state index is -0.328. The van der Waals surface area contributed by atoms with Gasteiger partial charge in [-0.1, -0.05) is 12.1 Å². The number of nitrogens with one attached hydrogen (secondary N) is 1. The Kier molecular flexibility index (Phi) is 2.71. The molecular formula is C14H13N3O3. The maximum Gasteiger partial charge on any atom is 0.257 e. The van der Waals surface area contributed by atoms with Crippen molar-refractivity contribution >= 4 is 5.65 Å². The Morgan fingerprint density at radius 1 is 1.30 bits per heavy atom. The molecule has 2 N–H and O–H groups in total. The van der Waals surface area contributed by atoms with Crippen LogP contribution in [0.3, 0.4) is 0 Å². The van der Waals surface area contributed by atoms with Crippen LogP contribution in [0, 0.1) is 6.92 Å². The summed E-state index contributed by atoms with van der Waals surface area (Å²) in [6.07, 6.45) is 1.60. The number of hydrogen-bond acceptors (Lipinski definition) is 4. The van der Waals surface area contributed by atoms with Crippen molar-refractivity contribution in [3.8, 4) is 22.8 Å². The fourth-order valence-corrected chi connectivity index (χ4v) is 2.07. The Balaban J connectivity index is 2.24. The van der Waals surface area contributed by atoms with E-state index in [1.165, 1.54) is 4.52 Å². The van der Waals surface area contributed by atoms with Crippen molar-refractivity contribution in [2.75, 3.05) is 7.11 Å². The molecule has 102 valence electrons. The molecule has 3 rings (SSSR count). The number of aromatic nitrogens is 3. The van der Waals surface area contributed by atoms with Gasteiger partial charge in [0.2, 0.25) is 5.88 Å². The smallest absolute Gasteiger partial charge is 0.257 e. The molecular weight excluding hydrogens is 258 g/mol. The summed E-state index contributed by atoms with van der Waals surface area (Å²) in [4.78, 5) is 14.5. The number of aromatic amines is 1. The largest absolute Gasteiger partial charge is 0.497 e. The summed E-state index contributed by atoms with van der Waals surface area (Å²) in [7, 11) is 1.60. The van der Waals surface area contributed by atoms with Gasteiger partial charge in [0, 0.05) is 5.56 Å². The first-order valence-electron chi connectivity index (χ1n) is 6.06. The summed E-state index contributed by atoms with van der Waals surface area (Å²) < 4.78 is 6.43. The van der Waals surface area contributed by atoms with Crippen molar-refractivity contribution in [3.05, 3.63) is 46.4 Å². The van der Waals surface area contributed by atoms with Gasteiger partial charge in [0.05, 0.1) is 18.9 Å². The van der Waals surface area contributed by atoms with Crippen molar-refractivity contribution < 1.29 is 9.84 Å². The third kappa shape index (κ3) is 1.73. The number of nitrogens with zero attached hydrogens (tertiary/aromatic N) is 2. The van der Waals surface area contributed by atoms with Gasteiger partial charge in [0.25, 0.3) is 5.56 Å². The first-order valence-corrected chi connectivity index (χ1v) is 6.06. The molecule has 2 heterocycles. The van der Waals surface area contributed by atoms with Gasteiger partial charge in [-0.3, -0.25) is 4.79 Å². The van der Waals surface area contributed by atoms with E-state index in [9.17, 15) is 9.90 Å². The lowest BCUT2D eigenvalue weighted by molar-refractivity contribution is 0.415. The van der Waals surface area contributed by atoms with E-state index in [0.717, 1.165) is 16.9 Å². The zero-order valence-electron chi connectivity index (χ0n) is 11.0. The fraction of sp³-hybridized carbons (Fsp3) is 0.143. The highest BCUT2D eigenvalue weighted by molar-refractivity contribution is 5.77. The van der Waals surface area contributed by atoms with Gasteiger partial charge in [0.15, 0.2) is 0 Å². The second-order valence-electron chi connectivity index (χ2n) is 4.45. The Labute approximate surface area is 114 Å². The summed E-state index contributed by atoms with van der Waals surface area (Å²) in [5.74, 6) is 0.598. The molecule has 6 heteroatoms. The summed E-state index contributed by atoms with van der Waals surface area (Å²) in [5, 5.41) is 14.0. The molecule has 2 aromatic heterocycles. The molecule has 3 aromatic rings. The molecule has 0 fully saturated rings. The maximum atomic E-state index is 11.8. The minimum absolute atomic E-state index is 0.150. The number of methoxy groups -OCH3 is 1. The molecule has 0 unspecified atom stereocenters. The first-order chi connectivity index (χ1) is 9.61. The SMILES string of the molecule is COc1ccc(-c2cnn3c(O)c(C)c(=O)[nH]c23)cc1. The normalized spacial score (nSPS) is 10.9. The third-order valence-corrected chi connectivity index (χ3v) is 3.28. The van der Waals surface area contributed by atoms with Gasteiger partial charge < -0.3 is 14.8 Å². The van der Waals surface area contributed by atoms with Gasteiger partial charge >= 0.3 is 0 Å². The van der Waals surface area contributed by atoms with Crippen LogP contribution in [0.4, 0.5) is 0 Å². The van der Waals surface area contributed by atoms with E-state index >= 15 is 0 Å². The molecule has 0 saturated carbocycles. The van der Waals surface area contributed by atoms with E-state index in [0.29, 0.717) is 5.65 Å². The lowest BCUT2D eigenvalue weighted by atomic mass is 10.1. The molecule has 0 bridgehead atoms. The number of H-pyrrole nitrogens is 1. The van der Waals surface area contributed by atoms with Crippen molar-refractivity contribution in [3.63, 3.8) is 0 Å². The number of fused-ring (bicyclic) bond motifs is 1. The number of rotatable bonds is 2. The minimum Gasteiger partial charge on any atom is -0.497 e. The maximum absolute atomic E-state index is 11.8. The van der Waals surface area contributed by atoms with Crippen molar-refractivity contribution in [2.24, 2.45) is 0 Å². The molecule has 0 aliphatic rings. The van der Waals surface area contributed by atoms with E-state index < -0.39 is 0 Å². The standard InChI is InChI=1S/C14H13N3O3/c1-8-13(18)16-12-11(7-15-17(12)14(8)19)9-3-5-10(20-2)6-4-9/h3-7,19H,1-2H3,(H,16,18). The van der Waals surface area contributed by atoms with Gasteiger partial charge in [-0.2, -0.15) is 9.61 Å². The van der Waals surface area contributed by atoms with Crippen LogP contribution < -0.4 is 10.3 Å². The molecule has 0 aliphatic carbocycles. The monoisotopic (exact) mass is 271 g/mol. The molecule has 0 aliphatic heterocycles. The Hall–Kier alpha value is -2.76. The Bertz CT molecular complexity index is 831. The van der Waals surface area contributed by atoms with E-state index in [1.54, 1.807) is 20.2 Å². The lowest BCUT2D eigenvalue weighted by Gasteiger charge is -2.04. The summed E-state index contributed by atoms with van der Waals surface area (Å²) >= 11 is 0. The van der Waals surface area contributed by atoms with E-state index in [4.69, 9.17) is 4.74 Å². The highest BCUT2D eigenvalue weighted by Gasteiger charge is 2.13. The second kappa shape index (κ2) is 4.41. The number of aromatic hydroxyl groups is 1. The number of hydrogen-bond donors (Lipinski definition) is 2. The first kappa shape index (κ1) is 12.3. The van der Waals surface area contributed by atoms with Gasteiger partial charge in [-0.05, 0) is 24.6 Å². The number of benzene rings is 1. The second-order valence-corrected chi connectivity index (χ2v) is 4.45. The van der Waals surface area contributed by atoms with Crippen molar-refractivity contribution in [1.82, 2.24) is 14.6 Å². The van der Waals surface area contributed by atoms with E-state index in [-0.39, 0.29) is 17.0 Å².